The molecule has 2 rings (SSSR count). The Bertz CT molecular complexity index is 831. The summed E-state index contributed by atoms with van der Waals surface area (Å²) < 4.78 is 89.1. The Morgan fingerprint density at radius 3 is 1.38 bits per heavy atom. The molecule has 0 radical (unpaired) electrons. The number of hydrogen-bond donors (Lipinski definition) is 1. The van der Waals surface area contributed by atoms with E-state index in [2.05, 4.69) is 0 Å². The first kappa shape index (κ1) is 19.5. The van der Waals surface area contributed by atoms with Gasteiger partial charge in [0.1, 0.15) is 0 Å². The molecule has 2 aromatic carbocycles. The molecule has 0 saturated carbocycles. The first-order valence-corrected chi connectivity index (χ1v) is 6.96. The van der Waals surface area contributed by atoms with Gasteiger partial charge >= 0.3 is 12.4 Å². The Balaban J connectivity index is 2.30. The molecule has 2 nitrogen and oxygen atoms in total. The van der Waals surface area contributed by atoms with Crippen LogP contribution < -0.4 is 5.73 Å². The van der Waals surface area contributed by atoms with Crippen molar-refractivity contribution in [3.63, 3.8) is 0 Å². The van der Waals surface area contributed by atoms with Crippen LogP contribution in [0.15, 0.2) is 54.4 Å². The van der Waals surface area contributed by atoms with Gasteiger partial charge in [0.25, 0.3) is 0 Å². The van der Waals surface area contributed by atoms with E-state index in [9.17, 15) is 35.5 Å². The fraction of sp³-hybridized carbons (Fsp3) is 0.118. The second-order valence-corrected chi connectivity index (χ2v) is 5.21. The van der Waals surface area contributed by atoms with Crippen LogP contribution in [0.5, 0.6) is 0 Å². The van der Waals surface area contributed by atoms with Gasteiger partial charge in [-0.1, -0.05) is 24.3 Å². The Hall–Kier alpha value is -2.84. The number of ketones is 1. The predicted octanol–water partition coefficient (Wildman–Crippen LogP) is 5.20. The minimum atomic E-state index is -4.62. The van der Waals surface area contributed by atoms with Gasteiger partial charge in [0, 0.05) is 11.1 Å². The molecule has 0 amide bonds. The van der Waals surface area contributed by atoms with Crippen molar-refractivity contribution in [1.82, 2.24) is 0 Å². The number of carbonyl (C=O) groups is 1. The highest BCUT2D eigenvalue weighted by molar-refractivity contribution is 6.11. The zero-order chi connectivity index (χ0) is 19.7. The number of halogens is 7. The highest BCUT2D eigenvalue weighted by atomic mass is 19.4. The van der Waals surface area contributed by atoms with Gasteiger partial charge in [-0.15, -0.1) is 0 Å². The lowest BCUT2D eigenvalue weighted by molar-refractivity contribution is -0.138. The molecule has 2 aromatic rings. The van der Waals surface area contributed by atoms with E-state index in [1.807, 2.05) is 0 Å². The first-order valence-electron chi connectivity index (χ1n) is 6.96. The largest absolute Gasteiger partial charge is 0.416 e. The van der Waals surface area contributed by atoms with E-state index in [1.54, 1.807) is 0 Å². The lowest BCUT2D eigenvalue weighted by atomic mass is 10.0. The fourth-order valence-corrected chi connectivity index (χ4v) is 2.03. The Labute approximate surface area is 142 Å². The number of carbonyl (C=O) groups excluding carboxylic acids is 1. The van der Waals surface area contributed by atoms with Crippen molar-refractivity contribution in [2.24, 2.45) is 5.73 Å². The molecular formula is C17H10F7NO. The van der Waals surface area contributed by atoms with Crippen LogP contribution in [0.25, 0.3) is 5.70 Å². The van der Waals surface area contributed by atoms with Crippen LogP contribution in [-0.4, -0.2) is 5.78 Å². The minimum Gasteiger partial charge on any atom is -0.396 e. The SMILES string of the molecule is N/C(=C(/F)C(=O)c1ccc(C(F)(F)F)cc1)c1ccc(C(F)(F)F)cc1. The van der Waals surface area contributed by atoms with Crippen molar-refractivity contribution in [2.45, 2.75) is 12.4 Å². The number of alkyl halides is 6. The maximum atomic E-state index is 14.2. The molecule has 9 heteroatoms. The van der Waals surface area contributed by atoms with Crippen LogP contribution in [0.1, 0.15) is 27.0 Å². The summed E-state index contributed by atoms with van der Waals surface area (Å²) in [5.41, 5.74) is 2.18. The lowest BCUT2D eigenvalue weighted by Crippen LogP contribution is -2.10. The monoisotopic (exact) mass is 377 g/mol. The normalized spacial score (nSPS) is 13.3. The van der Waals surface area contributed by atoms with E-state index in [0.717, 1.165) is 24.3 Å². The Morgan fingerprint density at radius 2 is 1.04 bits per heavy atom. The topological polar surface area (TPSA) is 43.1 Å². The summed E-state index contributed by atoms with van der Waals surface area (Å²) in [6, 6.07) is 5.88. The van der Waals surface area contributed by atoms with Gasteiger partial charge in [0.05, 0.1) is 16.8 Å². The van der Waals surface area contributed by atoms with Gasteiger partial charge in [-0.05, 0) is 24.3 Å². The molecule has 0 saturated heterocycles. The van der Waals surface area contributed by atoms with E-state index in [-0.39, 0.29) is 11.1 Å². The second kappa shape index (κ2) is 6.81. The van der Waals surface area contributed by atoms with E-state index in [4.69, 9.17) is 5.73 Å². The van der Waals surface area contributed by atoms with Crippen LogP contribution in [-0.2, 0) is 12.4 Å². The maximum Gasteiger partial charge on any atom is 0.416 e. The molecule has 0 atom stereocenters. The van der Waals surface area contributed by atoms with Crippen LogP contribution in [0.4, 0.5) is 30.7 Å². The van der Waals surface area contributed by atoms with Gasteiger partial charge < -0.3 is 5.73 Å². The minimum absolute atomic E-state index is 0.171. The average molecular weight is 377 g/mol. The third kappa shape index (κ3) is 4.22. The van der Waals surface area contributed by atoms with E-state index in [1.165, 1.54) is 0 Å². The highest BCUT2D eigenvalue weighted by Gasteiger charge is 2.31. The van der Waals surface area contributed by atoms with E-state index < -0.39 is 40.8 Å². The van der Waals surface area contributed by atoms with Crippen LogP contribution in [0.3, 0.4) is 0 Å². The molecular weight excluding hydrogens is 367 g/mol. The van der Waals surface area contributed by atoms with Crippen molar-refractivity contribution < 1.29 is 35.5 Å². The van der Waals surface area contributed by atoms with Gasteiger partial charge in [-0.25, -0.2) is 4.39 Å². The summed E-state index contributed by atoms with van der Waals surface area (Å²) in [6.07, 6.45) is -9.21. The summed E-state index contributed by atoms with van der Waals surface area (Å²) in [5, 5.41) is 0. The molecule has 138 valence electrons. The molecule has 0 fully saturated rings. The molecule has 0 aromatic heterocycles. The van der Waals surface area contributed by atoms with Crippen LogP contribution in [0, 0.1) is 0 Å². The molecule has 0 spiro atoms. The van der Waals surface area contributed by atoms with Gasteiger partial charge in [0.2, 0.25) is 5.78 Å². The number of nitrogens with two attached hydrogens (primary N) is 1. The molecule has 0 aliphatic rings. The molecule has 0 heterocycles. The third-order valence-corrected chi connectivity index (χ3v) is 3.43. The van der Waals surface area contributed by atoms with Crippen LogP contribution >= 0.6 is 0 Å². The van der Waals surface area contributed by atoms with Crippen molar-refractivity contribution in [2.75, 3.05) is 0 Å². The van der Waals surface area contributed by atoms with E-state index >= 15 is 0 Å². The average Bonchev–Trinajstić information content (AvgIpc) is 2.58. The van der Waals surface area contributed by atoms with Crippen molar-refractivity contribution in [1.29, 1.82) is 0 Å². The van der Waals surface area contributed by atoms with E-state index in [0.29, 0.717) is 24.3 Å². The van der Waals surface area contributed by atoms with Gasteiger partial charge in [0.15, 0.2) is 5.83 Å². The summed E-state index contributed by atoms with van der Waals surface area (Å²) >= 11 is 0. The second-order valence-electron chi connectivity index (χ2n) is 5.21. The summed E-state index contributed by atoms with van der Waals surface area (Å²) in [5.74, 6) is -2.76. The first-order chi connectivity index (χ1) is 11.9. The molecule has 26 heavy (non-hydrogen) atoms. The van der Waals surface area contributed by atoms with Crippen molar-refractivity contribution >= 4 is 11.5 Å². The van der Waals surface area contributed by atoms with Gasteiger partial charge in [-0.2, -0.15) is 26.3 Å². The molecule has 0 unspecified atom stereocenters. The smallest absolute Gasteiger partial charge is 0.396 e. The Morgan fingerprint density at radius 1 is 0.692 bits per heavy atom. The molecule has 0 bridgehead atoms. The zero-order valence-corrected chi connectivity index (χ0v) is 12.8. The van der Waals surface area contributed by atoms with Crippen LogP contribution in [0.2, 0.25) is 0 Å². The number of allylic oxidation sites excluding steroid dienone is 1. The number of benzene rings is 2. The summed E-state index contributed by atoms with van der Waals surface area (Å²) in [7, 11) is 0. The van der Waals surface area contributed by atoms with Gasteiger partial charge in [-0.3, -0.25) is 4.79 Å². The molecule has 0 aliphatic carbocycles. The van der Waals surface area contributed by atoms with Crippen molar-refractivity contribution in [3.8, 4) is 0 Å². The molecule has 0 aliphatic heterocycles. The predicted molar refractivity (Wildman–Crippen MR) is 79.4 cm³/mol. The fourth-order valence-electron chi connectivity index (χ4n) is 2.03. The quantitative estimate of drug-likeness (QED) is 0.454. The summed E-state index contributed by atoms with van der Waals surface area (Å²) in [4.78, 5) is 12.0. The van der Waals surface area contributed by atoms with Crippen molar-refractivity contribution in [3.05, 3.63) is 76.6 Å². The number of rotatable bonds is 3. The number of hydrogen-bond acceptors (Lipinski definition) is 2. The Kier molecular flexibility index (Phi) is 5.11. The summed E-state index contributed by atoms with van der Waals surface area (Å²) in [6.45, 7) is 0. The lowest BCUT2D eigenvalue weighted by Gasteiger charge is -2.09. The molecule has 2 N–H and O–H groups in total. The highest BCUT2D eigenvalue weighted by Crippen LogP contribution is 2.31. The standard InChI is InChI=1S/C17H10F7NO/c18-13(14(25)9-1-5-11(6-2-9)16(19,20)21)15(26)10-3-7-12(8-4-10)17(22,23)24/h1-8H,25H2/b14-13+. The number of Topliss-reactive ketones (excluding diaryl/α,β-unsaturated/α-hetero) is 1. The maximum absolute atomic E-state index is 14.2. The zero-order valence-electron chi connectivity index (χ0n) is 12.8. The third-order valence-electron chi connectivity index (χ3n) is 3.43.